The molecule has 174 valence electrons. The van der Waals surface area contributed by atoms with Gasteiger partial charge in [-0.2, -0.15) is 9.78 Å². The second-order valence-corrected chi connectivity index (χ2v) is 7.97. The number of rotatable bonds is 8. The third-order valence-corrected chi connectivity index (χ3v) is 5.56. The zero-order chi connectivity index (χ0) is 23.9. The number of hydrogen-bond acceptors (Lipinski definition) is 4. The molecule has 0 bridgehead atoms. The molecule has 2 amide bonds. The predicted octanol–water partition coefficient (Wildman–Crippen LogP) is 4.25. The molecular formula is C26H28N6O2. The summed E-state index contributed by atoms with van der Waals surface area (Å²) in [6, 6.07) is 21.2. The van der Waals surface area contributed by atoms with E-state index in [0.29, 0.717) is 35.7 Å². The molecule has 4 aromatic rings. The highest BCUT2D eigenvalue weighted by Crippen LogP contribution is 2.23. The van der Waals surface area contributed by atoms with Gasteiger partial charge in [0.15, 0.2) is 0 Å². The number of aromatic nitrogens is 4. The molecule has 0 spiro atoms. The van der Waals surface area contributed by atoms with Crippen molar-refractivity contribution in [3.05, 3.63) is 93.9 Å². The molecule has 8 heteroatoms. The number of carbonyl (C=O) groups is 1. The highest BCUT2D eigenvalue weighted by molar-refractivity contribution is 5.89. The van der Waals surface area contributed by atoms with Crippen LogP contribution < -0.4 is 16.2 Å². The van der Waals surface area contributed by atoms with Crippen molar-refractivity contribution in [2.75, 3.05) is 11.9 Å². The van der Waals surface area contributed by atoms with Gasteiger partial charge in [-0.1, -0.05) is 67.6 Å². The van der Waals surface area contributed by atoms with Crippen LogP contribution in [0.5, 0.6) is 0 Å². The summed E-state index contributed by atoms with van der Waals surface area (Å²) in [7, 11) is 0. The number of urea groups is 1. The number of benzene rings is 2. The molecule has 0 atom stereocenters. The van der Waals surface area contributed by atoms with E-state index < -0.39 is 0 Å². The van der Waals surface area contributed by atoms with Gasteiger partial charge in [0.05, 0.1) is 5.69 Å². The zero-order valence-electron chi connectivity index (χ0n) is 19.3. The Kier molecular flexibility index (Phi) is 7.17. The molecule has 0 aliphatic carbocycles. The fourth-order valence-corrected chi connectivity index (χ4v) is 3.79. The number of H-pyrrole nitrogens is 1. The monoisotopic (exact) mass is 456 g/mol. The van der Waals surface area contributed by atoms with Gasteiger partial charge in [-0.05, 0) is 31.7 Å². The molecule has 3 N–H and O–H groups in total. The average Bonchev–Trinajstić information content (AvgIpc) is 3.26. The zero-order valence-corrected chi connectivity index (χ0v) is 19.3. The molecule has 4 rings (SSSR count). The normalized spacial score (nSPS) is 10.8. The largest absolute Gasteiger partial charge is 0.338 e. The Hall–Kier alpha value is -4.20. The summed E-state index contributed by atoms with van der Waals surface area (Å²) in [5.74, 6) is 0.660. The van der Waals surface area contributed by atoms with Crippen molar-refractivity contribution < 1.29 is 4.79 Å². The van der Waals surface area contributed by atoms with Crippen molar-refractivity contribution in [3.8, 4) is 17.2 Å². The summed E-state index contributed by atoms with van der Waals surface area (Å²) in [6.45, 7) is 4.24. The summed E-state index contributed by atoms with van der Waals surface area (Å²) >= 11 is 0. The van der Waals surface area contributed by atoms with Crippen LogP contribution in [-0.4, -0.2) is 32.3 Å². The molecule has 0 fully saturated rings. The lowest BCUT2D eigenvalue weighted by Gasteiger charge is -2.10. The van der Waals surface area contributed by atoms with Crippen LogP contribution in [0.1, 0.15) is 30.2 Å². The van der Waals surface area contributed by atoms with E-state index in [1.54, 1.807) is 13.0 Å². The Morgan fingerprint density at radius 2 is 1.76 bits per heavy atom. The van der Waals surface area contributed by atoms with Gasteiger partial charge < -0.3 is 5.32 Å². The molecule has 0 saturated carbocycles. The van der Waals surface area contributed by atoms with Crippen molar-refractivity contribution in [1.82, 2.24) is 25.1 Å². The first-order valence-electron chi connectivity index (χ1n) is 11.4. The lowest BCUT2D eigenvalue weighted by atomic mass is 10.1. The smallest absolute Gasteiger partial charge is 0.320 e. The molecule has 34 heavy (non-hydrogen) atoms. The third kappa shape index (κ3) is 5.40. The number of anilines is 1. The summed E-state index contributed by atoms with van der Waals surface area (Å²) in [5, 5.41) is 10.4. The minimum absolute atomic E-state index is 0.210. The van der Waals surface area contributed by atoms with Gasteiger partial charge in [-0.15, -0.1) is 0 Å². The maximum atomic E-state index is 12.6. The number of hydrogen-bond donors (Lipinski definition) is 3. The van der Waals surface area contributed by atoms with Crippen LogP contribution in [0.2, 0.25) is 0 Å². The first kappa shape index (κ1) is 23.0. The van der Waals surface area contributed by atoms with E-state index in [4.69, 9.17) is 0 Å². The number of amides is 2. The minimum atomic E-state index is -0.349. The molecule has 2 aromatic carbocycles. The summed E-state index contributed by atoms with van der Waals surface area (Å²) in [5.41, 5.74) is 3.82. The van der Waals surface area contributed by atoms with Crippen LogP contribution in [0, 0.1) is 6.92 Å². The lowest BCUT2D eigenvalue weighted by Crippen LogP contribution is -2.31. The topological polar surface area (TPSA) is 105 Å². The van der Waals surface area contributed by atoms with E-state index in [0.717, 1.165) is 18.4 Å². The SMILES string of the molecule is CCc1c(C)nc(-n2nc(-c3ccccc3)cc2NC(=O)NCCCc2ccccc2)[nH]c1=O. The molecule has 2 heterocycles. The second-order valence-electron chi connectivity index (χ2n) is 7.97. The van der Waals surface area contributed by atoms with Crippen molar-refractivity contribution in [1.29, 1.82) is 0 Å². The molecule has 2 aromatic heterocycles. The maximum absolute atomic E-state index is 12.6. The summed E-state index contributed by atoms with van der Waals surface area (Å²) in [4.78, 5) is 32.5. The Morgan fingerprint density at radius 3 is 2.44 bits per heavy atom. The van der Waals surface area contributed by atoms with Gasteiger partial charge in [0, 0.05) is 29.4 Å². The van der Waals surface area contributed by atoms with Crippen molar-refractivity contribution in [3.63, 3.8) is 0 Å². The number of aryl methyl sites for hydroxylation is 2. The fraction of sp³-hybridized carbons (Fsp3) is 0.231. The third-order valence-electron chi connectivity index (χ3n) is 5.56. The van der Waals surface area contributed by atoms with E-state index in [1.807, 2.05) is 55.5 Å². The molecular weight excluding hydrogens is 428 g/mol. The first-order valence-corrected chi connectivity index (χ1v) is 11.4. The minimum Gasteiger partial charge on any atom is -0.338 e. The molecule has 0 aliphatic heterocycles. The van der Waals surface area contributed by atoms with Gasteiger partial charge in [0.25, 0.3) is 5.56 Å². The summed E-state index contributed by atoms with van der Waals surface area (Å²) in [6.07, 6.45) is 2.28. The van der Waals surface area contributed by atoms with E-state index in [2.05, 4.69) is 37.8 Å². The van der Waals surface area contributed by atoms with Gasteiger partial charge in [0.1, 0.15) is 5.82 Å². The van der Waals surface area contributed by atoms with E-state index in [-0.39, 0.29) is 17.5 Å². The molecule has 8 nitrogen and oxygen atoms in total. The second kappa shape index (κ2) is 10.6. The fourth-order valence-electron chi connectivity index (χ4n) is 3.79. The van der Waals surface area contributed by atoms with Crippen molar-refractivity contribution >= 4 is 11.8 Å². The van der Waals surface area contributed by atoms with Gasteiger partial charge in [-0.25, -0.2) is 9.78 Å². The highest BCUT2D eigenvalue weighted by atomic mass is 16.2. The quantitative estimate of drug-likeness (QED) is 0.345. The molecule has 0 unspecified atom stereocenters. The Bertz CT molecular complexity index is 1310. The molecule has 0 aliphatic rings. The molecule has 0 saturated heterocycles. The lowest BCUT2D eigenvalue weighted by molar-refractivity contribution is 0.252. The number of nitrogens with zero attached hydrogens (tertiary/aromatic N) is 3. The highest BCUT2D eigenvalue weighted by Gasteiger charge is 2.17. The van der Waals surface area contributed by atoms with Gasteiger partial charge in [-0.3, -0.25) is 15.1 Å². The standard InChI is InChI=1S/C26H28N6O2/c1-3-21-18(2)28-25(30-24(21)33)32-23(17-22(31-32)20-14-8-5-9-15-20)29-26(34)27-16-10-13-19-11-6-4-7-12-19/h4-9,11-12,14-15,17H,3,10,13,16H2,1-2H3,(H2,27,29,34)(H,28,30,33). The van der Waals surface area contributed by atoms with Crippen LogP contribution in [0.3, 0.4) is 0 Å². The first-order chi connectivity index (χ1) is 16.5. The van der Waals surface area contributed by atoms with Crippen LogP contribution in [-0.2, 0) is 12.8 Å². The molecule has 0 radical (unpaired) electrons. The predicted molar refractivity (Wildman–Crippen MR) is 133 cm³/mol. The van der Waals surface area contributed by atoms with E-state index >= 15 is 0 Å². The Balaban J connectivity index is 1.54. The Labute approximate surface area is 198 Å². The van der Waals surface area contributed by atoms with Crippen LogP contribution in [0.15, 0.2) is 71.5 Å². The van der Waals surface area contributed by atoms with Gasteiger partial charge in [0.2, 0.25) is 5.95 Å². The van der Waals surface area contributed by atoms with Crippen LogP contribution in [0.25, 0.3) is 17.2 Å². The summed E-state index contributed by atoms with van der Waals surface area (Å²) < 4.78 is 1.46. The number of nitrogens with one attached hydrogen (secondary N) is 3. The van der Waals surface area contributed by atoms with Crippen molar-refractivity contribution in [2.24, 2.45) is 0 Å². The van der Waals surface area contributed by atoms with E-state index in [1.165, 1.54) is 10.2 Å². The Morgan fingerprint density at radius 1 is 1.06 bits per heavy atom. The maximum Gasteiger partial charge on any atom is 0.320 e. The van der Waals surface area contributed by atoms with Gasteiger partial charge >= 0.3 is 6.03 Å². The average molecular weight is 457 g/mol. The van der Waals surface area contributed by atoms with E-state index in [9.17, 15) is 9.59 Å². The van der Waals surface area contributed by atoms with Crippen molar-refractivity contribution in [2.45, 2.75) is 33.1 Å². The number of aromatic amines is 1. The van der Waals surface area contributed by atoms with Crippen LogP contribution >= 0.6 is 0 Å². The van der Waals surface area contributed by atoms with Crippen LogP contribution in [0.4, 0.5) is 10.6 Å². The number of carbonyl (C=O) groups excluding carboxylic acids is 1.